The molecule has 2 N–H and O–H groups in total. The van der Waals surface area contributed by atoms with Gasteiger partial charge in [-0.2, -0.15) is 0 Å². The summed E-state index contributed by atoms with van der Waals surface area (Å²) in [5.41, 5.74) is 0.623. The Morgan fingerprint density at radius 3 is 2.46 bits per heavy atom. The summed E-state index contributed by atoms with van der Waals surface area (Å²) in [6.45, 7) is 1.78. The van der Waals surface area contributed by atoms with Crippen molar-refractivity contribution in [3.63, 3.8) is 0 Å². The zero-order valence-corrected chi connectivity index (χ0v) is 16.2. The molecular formula is C20H20N2O5S. The lowest BCUT2D eigenvalue weighted by Gasteiger charge is -2.13. The van der Waals surface area contributed by atoms with E-state index in [4.69, 9.17) is 9.15 Å². The Labute approximate surface area is 163 Å². The van der Waals surface area contributed by atoms with Gasteiger partial charge in [0.1, 0.15) is 11.5 Å². The van der Waals surface area contributed by atoms with E-state index < -0.39 is 15.9 Å². The molecule has 2 aromatic carbocycles. The number of carbonyl (C=O) groups excluding carboxylic acids is 1. The minimum Gasteiger partial charge on any atom is -0.497 e. The molecule has 0 radical (unpaired) electrons. The summed E-state index contributed by atoms with van der Waals surface area (Å²) in [5, 5.41) is 2.78. The van der Waals surface area contributed by atoms with E-state index in [0.29, 0.717) is 17.2 Å². The highest BCUT2D eigenvalue weighted by Gasteiger charge is 2.18. The molecule has 0 aliphatic rings. The lowest BCUT2D eigenvalue weighted by atomic mass is 10.2. The number of anilines is 1. The topological polar surface area (TPSA) is 97.6 Å². The summed E-state index contributed by atoms with van der Waals surface area (Å²) >= 11 is 0. The van der Waals surface area contributed by atoms with Crippen LogP contribution in [0, 0.1) is 0 Å². The fourth-order valence-electron chi connectivity index (χ4n) is 2.57. The van der Waals surface area contributed by atoms with Crippen LogP contribution >= 0.6 is 0 Å². The summed E-state index contributed by atoms with van der Waals surface area (Å²) in [5.74, 6) is 0.830. The van der Waals surface area contributed by atoms with Crippen molar-refractivity contribution in [2.45, 2.75) is 17.9 Å². The third kappa shape index (κ3) is 4.52. The third-order valence-corrected chi connectivity index (χ3v) is 5.45. The lowest BCUT2D eigenvalue weighted by molar-refractivity contribution is 0.0935. The molecule has 0 aliphatic heterocycles. The molecule has 8 heteroatoms. The van der Waals surface area contributed by atoms with Crippen molar-refractivity contribution in [2.24, 2.45) is 0 Å². The van der Waals surface area contributed by atoms with Gasteiger partial charge in [0.05, 0.1) is 24.3 Å². The zero-order chi connectivity index (χ0) is 20.1. The number of sulfonamides is 1. The molecule has 0 saturated carbocycles. The molecule has 146 valence electrons. The molecule has 1 atom stereocenters. The normalized spacial score (nSPS) is 12.2. The fourth-order valence-corrected chi connectivity index (χ4v) is 3.67. The SMILES string of the molecule is COc1ccc(NS(=O)(=O)c2cccc(C(=O)N[C@@H](C)c3ccco3)c2)cc1. The van der Waals surface area contributed by atoms with Crippen LogP contribution in [-0.4, -0.2) is 21.4 Å². The second kappa shape index (κ2) is 8.18. The average Bonchev–Trinajstić information content (AvgIpc) is 3.23. The van der Waals surface area contributed by atoms with Gasteiger partial charge >= 0.3 is 0 Å². The minimum atomic E-state index is -3.85. The van der Waals surface area contributed by atoms with Crippen LogP contribution in [-0.2, 0) is 10.0 Å². The zero-order valence-electron chi connectivity index (χ0n) is 15.4. The number of carbonyl (C=O) groups is 1. The highest BCUT2D eigenvalue weighted by molar-refractivity contribution is 7.92. The van der Waals surface area contributed by atoms with Crippen LogP contribution in [0.25, 0.3) is 0 Å². The quantitative estimate of drug-likeness (QED) is 0.632. The van der Waals surface area contributed by atoms with E-state index in [2.05, 4.69) is 10.0 Å². The van der Waals surface area contributed by atoms with Crippen LogP contribution in [0.3, 0.4) is 0 Å². The second-order valence-electron chi connectivity index (χ2n) is 6.07. The number of hydrogen-bond donors (Lipinski definition) is 2. The van der Waals surface area contributed by atoms with Crippen molar-refractivity contribution < 1.29 is 22.4 Å². The molecule has 1 aromatic heterocycles. The van der Waals surface area contributed by atoms with Crippen molar-refractivity contribution in [2.75, 3.05) is 11.8 Å². The smallest absolute Gasteiger partial charge is 0.261 e. The number of nitrogens with one attached hydrogen (secondary N) is 2. The second-order valence-corrected chi connectivity index (χ2v) is 7.75. The van der Waals surface area contributed by atoms with E-state index in [1.807, 2.05) is 0 Å². The first kappa shape index (κ1) is 19.5. The van der Waals surface area contributed by atoms with Crippen LogP contribution in [0.4, 0.5) is 5.69 Å². The van der Waals surface area contributed by atoms with E-state index in [-0.39, 0.29) is 16.5 Å². The molecule has 3 aromatic rings. The highest BCUT2D eigenvalue weighted by Crippen LogP contribution is 2.20. The van der Waals surface area contributed by atoms with Crippen LogP contribution in [0.5, 0.6) is 5.75 Å². The van der Waals surface area contributed by atoms with Crippen molar-refractivity contribution in [1.29, 1.82) is 0 Å². The summed E-state index contributed by atoms with van der Waals surface area (Å²) < 4.78 is 38.1. The van der Waals surface area contributed by atoms with Crippen molar-refractivity contribution in [3.8, 4) is 5.75 Å². The minimum absolute atomic E-state index is 0.0124. The Balaban J connectivity index is 1.76. The van der Waals surface area contributed by atoms with Gasteiger partial charge in [0.15, 0.2) is 0 Å². The Morgan fingerprint density at radius 2 is 1.82 bits per heavy atom. The largest absolute Gasteiger partial charge is 0.497 e. The molecule has 0 saturated heterocycles. The van der Waals surface area contributed by atoms with Crippen LogP contribution < -0.4 is 14.8 Å². The van der Waals surface area contributed by atoms with Crippen molar-refractivity contribution in [1.82, 2.24) is 5.32 Å². The Bertz CT molecular complexity index is 1040. The Hall–Kier alpha value is -3.26. The van der Waals surface area contributed by atoms with Gasteiger partial charge in [0.2, 0.25) is 0 Å². The molecule has 28 heavy (non-hydrogen) atoms. The van der Waals surface area contributed by atoms with E-state index >= 15 is 0 Å². The lowest BCUT2D eigenvalue weighted by Crippen LogP contribution is -2.26. The van der Waals surface area contributed by atoms with Gasteiger partial charge in [-0.25, -0.2) is 8.42 Å². The molecule has 0 bridgehead atoms. The molecule has 3 rings (SSSR count). The average molecular weight is 400 g/mol. The summed E-state index contributed by atoms with van der Waals surface area (Å²) in [7, 11) is -2.32. The number of amides is 1. The maximum absolute atomic E-state index is 12.7. The van der Waals surface area contributed by atoms with E-state index in [1.54, 1.807) is 49.4 Å². The number of furan rings is 1. The molecule has 0 aliphatic carbocycles. The third-order valence-electron chi connectivity index (χ3n) is 4.07. The van der Waals surface area contributed by atoms with Gasteiger partial charge in [0.25, 0.3) is 15.9 Å². The van der Waals surface area contributed by atoms with Gasteiger partial charge in [-0.05, 0) is 61.5 Å². The van der Waals surface area contributed by atoms with Crippen LogP contribution in [0.15, 0.2) is 76.2 Å². The predicted molar refractivity (Wildman–Crippen MR) is 105 cm³/mol. The van der Waals surface area contributed by atoms with Gasteiger partial charge in [0, 0.05) is 11.3 Å². The monoisotopic (exact) mass is 400 g/mol. The molecule has 0 spiro atoms. The van der Waals surface area contributed by atoms with Gasteiger partial charge in [-0.3, -0.25) is 9.52 Å². The Morgan fingerprint density at radius 1 is 1.07 bits per heavy atom. The van der Waals surface area contributed by atoms with Crippen LogP contribution in [0.2, 0.25) is 0 Å². The van der Waals surface area contributed by atoms with Crippen molar-refractivity contribution >= 4 is 21.6 Å². The maximum Gasteiger partial charge on any atom is 0.261 e. The Kier molecular flexibility index (Phi) is 5.70. The summed E-state index contributed by atoms with van der Waals surface area (Å²) in [6.07, 6.45) is 1.52. The molecule has 7 nitrogen and oxygen atoms in total. The van der Waals surface area contributed by atoms with Gasteiger partial charge in [-0.15, -0.1) is 0 Å². The number of benzene rings is 2. The van der Waals surface area contributed by atoms with E-state index in [1.165, 1.54) is 31.6 Å². The first-order valence-electron chi connectivity index (χ1n) is 8.50. The fraction of sp³-hybridized carbons (Fsp3) is 0.150. The highest BCUT2D eigenvalue weighted by atomic mass is 32.2. The first-order chi connectivity index (χ1) is 13.4. The van der Waals surface area contributed by atoms with Gasteiger partial charge in [-0.1, -0.05) is 6.07 Å². The number of rotatable bonds is 7. The number of hydrogen-bond acceptors (Lipinski definition) is 5. The molecule has 0 unspecified atom stereocenters. The number of methoxy groups -OCH3 is 1. The maximum atomic E-state index is 12.7. The number of ether oxygens (including phenoxy) is 1. The van der Waals surface area contributed by atoms with Crippen LogP contribution in [0.1, 0.15) is 29.1 Å². The standard InChI is InChI=1S/C20H20N2O5S/c1-14(19-7-4-12-27-19)21-20(23)15-5-3-6-18(13-15)28(24,25)22-16-8-10-17(26-2)11-9-16/h3-14,22H,1-2H3,(H,21,23)/t14-/m0/s1. The first-order valence-corrected chi connectivity index (χ1v) is 9.98. The molecule has 0 fully saturated rings. The summed E-state index contributed by atoms with van der Waals surface area (Å²) in [6, 6.07) is 15.5. The molecule has 1 heterocycles. The summed E-state index contributed by atoms with van der Waals surface area (Å²) in [4.78, 5) is 12.5. The molecule has 1 amide bonds. The predicted octanol–water partition coefficient (Wildman–Crippen LogP) is 3.58. The van der Waals surface area contributed by atoms with E-state index in [0.717, 1.165) is 0 Å². The van der Waals surface area contributed by atoms with Gasteiger partial charge < -0.3 is 14.5 Å². The van der Waals surface area contributed by atoms with E-state index in [9.17, 15) is 13.2 Å². The molecular weight excluding hydrogens is 380 g/mol. The van der Waals surface area contributed by atoms with Crippen molar-refractivity contribution in [3.05, 3.63) is 78.3 Å².